The zero-order valence-electron chi connectivity index (χ0n) is 14.8. The summed E-state index contributed by atoms with van der Waals surface area (Å²) in [6, 6.07) is 0. The van der Waals surface area contributed by atoms with Gasteiger partial charge < -0.3 is 15.1 Å². The van der Waals surface area contributed by atoms with Gasteiger partial charge in [0.2, 0.25) is 5.91 Å². The van der Waals surface area contributed by atoms with Crippen LogP contribution in [-0.2, 0) is 4.79 Å². The smallest absolute Gasteiger partial charge is 0.226 e. The van der Waals surface area contributed by atoms with Gasteiger partial charge in [-0.25, -0.2) is 0 Å². The van der Waals surface area contributed by atoms with Gasteiger partial charge in [-0.15, -0.1) is 24.8 Å². The molecule has 0 bridgehead atoms. The van der Waals surface area contributed by atoms with Crippen molar-refractivity contribution in [3.05, 3.63) is 0 Å². The van der Waals surface area contributed by atoms with E-state index in [0.717, 1.165) is 38.5 Å². The second kappa shape index (κ2) is 12.3. The molecular formula is C17H35Cl2N3O. The molecule has 1 aliphatic heterocycles. The molecule has 1 heterocycles. The molecule has 1 aliphatic carbocycles. The van der Waals surface area contributed by atoms with Gasteiger partial charge >= 0.3 is 0 Å². The summed E-state index contributed by atoms with van der Waals surface area (Å²) in [6.07, 6.45) is 8.23. The fourth-order valence-electron chi connectivity index (χ4n) is 3.81. The molecule has 1 amide bonds. The molecule has 138 valence electrons. The molecule has 0 aromatic carbocycles. The number of rotatable bonds is 5. The van der Waals surface area contributed by atoms with Gasteiger partial charge in [0.15, 0.2) is 0 Å². The lowest BCUT2D eigenvalue weighted by atomic mass is 9.89. The molecule has 1 unspecified atom stereocenters. The van der Waals surface area contributed by atoms with Crippen molar-refractivity contribution in [2.45, 2.75) is 45.4 Å². The number of amides is 1. The topological polar surface area (TPSA) is 35.6 Å². The van der Waals surface area contributed by atoms with Gasteiger partial charge in [0.05, 0.1) is 0 Å². The molecule has 1 atom stereocenters. The maximum absolute atomic E-state index is 12.4. The molecule has 2 rings (SSSR count). The van der Waals surface area contributed by atoms with Crippen molar-refractivity contribution in [2.24, 2.45) is 11.8 Å². The van der Waals surface area contributed by atoms with Gasteiger partial charge in [0.25, 0.3) is 0 Å². The second-order valence-electron chi connectivity index (χ2n) is 6.94. The van der Waals surface area contributed by atoms with E-state index in [9.17, 15) is 4.79 Å². The van der Waals surface area contributed by atoms with Crippen LogP contribution in [0.1, 0.15) is 45.4 Å². The lowest BCUT2D eigenvalue weighted by molar-refractivity contribution is -0.134. The van der Waals surface area contributed by atoms with E-state index in [4.69, 9.17) is 0 Å². The largest absolute Gasteiger partial charge is 0.341 e. The van der Waals surface area contributed by atoms with E-state index in [1.165, 1.54) is 45.2 Å². The summed E-state index contributed by atoms with van der Waals surface area (Å²) < 4.78 is 0. The molecule has 0 aromatic heterocycles. The van der Waals surface area contributed by atoms with E-state index in [1.54, 1.807) is 0 Å². The van der Waals surface area contributed by atoms with Crippen LogP contribution < -0.4 is 5.32 Å². The summed E-state index contributed by atoms with van der Waals surface area (Å²) in [5, 5.41) is 3.11. The maximum Gasteiger partial charge on any atom is 0.226 e. The van der Waals surface area contributed by atoms with E-state index >= 15 is 0 Å². The van der Waals surface area contributed by atoms with Crippen molar-refractivity contribution in [1.82, 2.24) is 15.1 Å². The summed E-state index contributed by atoms with van der Waals surface area (Å²) in [5.74, 6) is 1.33. The Morgan fingerprint density at radius 3 is 2.39 bits per heavy atom. The van der Waals surface area contributed by atoms with Crippen LogP contribution in [0.3, 0.4) is 0 Å². The zero-order chi connectivity index (χ0) is 15.1. The standard InChI is InChI=1S/C17H33N3O.2ClH/c1-15(13-18-2)17(21)20-10-6-9-19(11-12-20)14-16-7-4-3-5-8-16;;/h15-16,18H,3-14H2,1-2H3;2*1H. The molecule has 1 N–H and O–H groups in total. The molecule has 4 nitrogen and oxygen atoms in total. The third-order valence-electron chi connectivity index (χ3n) is 5.07. The van der Waals surface area contributed by atoms with Crippen molar-refractivity contribution in [3.63, 3.8) is 0 Å². The number of carbonyl (C=O) groups is 1. The first-order valence-corrected chi connectivity index (χ1v) is 8.86. The van der Waals surface area contributed by atoms with Crippen molar-refractivity contribution in [3.8, 4) is 0 Å². The Labute approximate surface area is 154 Å². The molecule has 0 spiro atoms. The highest BCUT2D eigenvalue weighted by atomic mass is 35.5. The third kappa shape index (κ3) is 7.59. The molecule has 0 radical (unpaired) electrons. The van der Waals surface area contributed by atoms with E-state index in [2.05, 4.69) is 15.1 Å². The number of hydrogen-bond donors (Lipinski definition) is 1. The fourth-order valence-corrected chi connectivity index (χ4v) is 3.81. The minimum Gasteiger partial charge on any atom is -0.341 e. The van der Waals surface area contributed by atoms with Crippen LogP contribution in [0, 0.1) is 11.8 Å². The van der Waals surface area contributed by atoms with Crippen LogP contribution >= 0.6 is 24.8 Å². The first kappa shape index (κ1) is 23.0. The minimum atomic E-state index is 0. The predicted octanol–water partition coefficient (Wildman–Crippen LogP) is 2.80. The van der Waals surface area contributed by atoms with Gasteiger partial charge in [0.1, 0.15) is 0 Å². The minimum absolute atomic E-state index is 0. The monoisotopic (exact) mass is 367 g/mol. The van der Waals surface area contributed by atoms with E-state index in [0.29, 0.717) is 5.91 Å². The molecule has 6 heteroatoms. The summed E-state index contributed by atoms with van der Waals surface area (Å²) >= 11 is 0. The Kier molecular flexibility index (Phi) is 12.3. The molecule has 1 saturated heterocycles. The highest BCUT2D eigenvalue weighted by Gasteiger charge is 2.24. The Balaban J connectivity index is 0.00000242. The van der Waals surface area contributed by atoms with E-state index in [1.807, 2.05) is 14.0 Å². The Morgan fingerprint density at radius 1 is 1.04 bits per heavy atom. The summed E-state index contributed by atoms with van der Waals surface area (Å²) in [5.41, 5.74) is 0. The van der Waals surface area contributed by atoms with Crippen molar-refractivity contribution < 1.29 is 4.79 Å². The number of hydrogen-bond acceptors (Lipinski definition) is 3. The van der Waals surface area contributed by atoms with Gasteiger partial charge in [-0.05, 0) is 38.8 Å². The first-order valence-electron chi connectivity index (χ1n) is 8.86. The lowest BCUT2D eigenvalue weighted by Gasteiger charge is -2.29. The van der Waals surface area contributed by atoms with Gasteiger partial charge in [-0.3, -0.25) is 4.79 Å². The highest BCUT2D eigenvalue weighted by Crippen LogP contribution is 2.24. The van der Waals surface area contributed by atoms with E-state index in [-0.39, 0.29) is 30.7 Å². The Hall–Kier alpha value is -0.0300. The van der Waals surface area contributed by atoms with Crippen LogP contribution in [0.25, 0.3) is 0 Å². The van der Waals surface area contributed by atoms with E-state index < -0.39 is 0 Å². The molecule has 0 aromatic rings. The number of halogens is 2. The molecular weight excluding hydrogens is 333 g/mol. The molecule has 2 fully saturated rings. The summed E-state index contributed by atoms with van der Waals surface area (Å²) in [4.78, 5) is 17.1. The summed E-state index contributed by atoms with van der Waals surface area (Å²) in [6.45, 7) is 8.15. The molecule has 2 aliphatic rings. The Morgan fingerprint density at radius 2 is 1.74 bits per heavy atom. The van der Waals surface area contributed by atoms with Gasteiger partial charge in [-0.1, -0.05) is 26.2 Å². The molecule has 23 heavy (non-hydrogen) atoms. The predicted molar refractivity (Wildman–Crippen MR) is 102 cm³/mol. The lowest BCUT2D eigenvalue weighted by Crippen LogP contribution is -2.41. The van der Waals surface area contributed by atoms with Crippen molar-refractivity contribution >= 4 is 30.7 Å². The van der Waals surface area contributed by atoms with Gasteiger partial charge in [-0.2, -0.15) is 0 Å². The molecule has 1 saturated carbocycles. The Bertz CT molecular complexity index is 325. The number of nitrogens with one attached hydrogen (secondary N) is 1. The SMILES string of the molecule is CNCC(C)C(=O)N1CCCN(CC2CCCCC2)CC1.Cl.Cl. The van der Waals surface area contributed by atoms with Crippen LogP contribution in [0.2, 0.25) is 0 Å². The van der Waals surface area contributed by atoms with Crippen LogP contribution in [-0.4, -0.2) is 62.0 Å². The van der Waals surface area contributed by atoms with Crippen LogP contribution in [0.4, 0.5) is 0 Å². The normalized spacial score (nSPS) is 21.7. The first-order chi connectivity index (χ1) is 10.2. The number of carbonyl (C=O) groups excluding carboxylic acids is 1. The maximum atomic E-state index is 12.4. The second-order valence-corrected chi connectivity index (χ2v) is 6.94. The number of nitrogens with zero attached hydrogens (tertiary/aromatic N) is 2. The van der Waals surface area contributed by atoms with Gasteiger partial charge in [0, 0.05) is 38.6 Å². The average molecular weight is 368 g/mol. The van der Waals surface area contributed by atoms with Crippen LogP contribution in [0.15, 0.2) is 0 Å². The van der Waals surface area contributed by atoms with Crippen LogP contribution in [0.5, 0.6) is 0 Å². The highest BCUT2D eigenvalue weighted by molar-refractivity contribution is 5.85. The fraction of sp³-hybridized carbons (Fsp3) is 0.941. The summed E-state index contributed by atoms with van der Waals surface area (Å²) in [7, 11) is 1.91. The average Bonchev–Trinajstić information content (AvgIpc) is 2.73. The quantitative estimate of drug-likeness (QED) is 0.811. The van der Waals surface area contributed by atoms with Crippen molar-refractivity contribution in [2.75, 3.05) is 46.3 Å². The van der Waals surface area contributed by atoms with Crippen molar-refractivity contribution in [1.29, 1.82) is 0 Å². The third-order valence-corrected chi connectivity index (χ3v) is 5.07. The zero-order valence-corrected chi connectivity index (χ0v) is 16.4.